The third-order valence-electron chi connectivity index (χ3n) is 3.04. The number of amides is 1. The minimum absolute atomic E-state index is 0.352. The van der Waals surface area contributed by atoms with Crippen molar-refractivity contribution in [3.05, 3.63) is 40.7 Å². The molecule has 2 N–H and O–H groups in total. The lowest BCUT2D eigenvalue weighted by Crippen LogP contribution is -2.44. The summed E-state index contributed by atoms with van der Waals surface area (Å²) in [5, 5.41) is 5.61. The second-order valence-electron chi connectivity index (χ2n) is 5.15. The molecule has 0 unspecified atom stereocenters. The molecule has 6 nitrogen and oxygen atoms in total. The van der Waals surface area contributed by atoms with Gasteiger partial charge in [0.2, 0.25) is 15.9 Å². The average molecular weight is 353 g/mol. The third-order valence-corrected chi connectivity index (χ3v) is 4.73. The largest absolute Gasteiger partial charge is 0.354 e. The van der Waals surface area contributed by atoms with Gasteiger partial charge in [0, 0.05) is 23.9 Å². The van der Waals surface area contributed by atoms with Crippen molar-refractivity contribution in [3.8, 4) is 11.3 Å². The Labute approximate surface area is 140 Å². The number of hydrogen-bond donors (Lipinski definition) is 2. The molecule has 0 radical (unpaired) electrons. The molecule has 0 saturated heterocycles. The van der Waals surface area contributed by atoms with Crippen LogP contribution < -0.4 is 10.0 Å². The van der Waals surface area contributed by atoms with E-state index >= 15 is 0 Å². The predicted octanol–water partition coefficient (Wildman–Crippen LogP) is 1.41. The van der Waals surface area contributed by atoms with Gasteiger partial charge in [-0.2, -0.15) is 0 Å². The van der Waals surface area contributed by atoms with Gasteiger partial charge >= 0.3 is 0 Å². The summed E-state index contributed by atoms with van der Waals surface area (Å²) in [7, 11) is -3.39. The topological polar surface area (TPSA) is 88.2 Å². The van der Waals surface area contributed by atoms with Crippen LogP contribution in [0, 0.1) is 0 Å². The Morgan fingerprint density at radius 3 is 2.65 bits per heavy atom. The quantitative estimate of drug-likeness (QED) is 0.788. The number of aromatic nitrogens is 1. The SMILES string of the molecule is C[C@H](NS(C)(=O)=O)C(=O)NCCc1nc(-c2ccccc2)cs1. The fourth-order valence-corrected chi connectivity index (χ4v) is 3.54. The highest BCUT2D eigenvalue weighted by molar-refractivity contribution is 7.88. The van der Waals surface area contributed by atoms with Crippen molar-refractivity contribution < 1.29 is 13.2 Å². The van der Waals surface area contributed by atoms with Gasteiger partial charge in [0.05, 0.1) is 23.0 Å². The summed E-state index contributed by atoms with van der Waals surface area (Å²) in [5.74, 6) is -0.352. The number of hydrogen-bond acceptors (Lipinski definition) is 5. The van der Waals surface area contributed by atoms with Crippen molar-refractivity contribution in [2.75, 3.05) is 12.8 Å². The predicted molar refractivity (Wildman–Crippen MR) is 91.7 cm³/mol. The second-order valence-corrected chi connectivity index (χ2v) is 7.87. The lowest BCUT2D eigenvalue weighted by molar-refractivity contribution is -0.122. The molecule has 2 rings (SSSR count). The molecular weight excluding hydrogens is 334 g/mol. The zero-order chi connectivity index (χ0) is 16.9. The fraction of sp³-hybridized carbons (Fsp3) is 0.333. The van der Waals surface area contributed by atoms with E-state index in [0.717, 1.165) is 22.5 Å². The average Bonchev–Trinajstić information content (AvgIpc) is 2.95. The van der Waals surface area contributed by atoms with Crippen LogP contribution in [0.2, 0.25) is 0 Å². The summed E-state index contributed by atoms with van der Waals surface area (Å²) < 4.78 is 24.4. The molecule has 0 bridgehead atoms. The summed E-state index contributed by atoms with van der Waals surface area (Å²) in [5.41, 5.74) is 1.98. The molecule has 0 aliphatic rings. The molecule has 0 fully saturated rings. The molecule has 1 amide bonds. The molecule has 124 valence electrons. The Balaban J connectivity index is 1.83. The smallest absolute Gasteiger partial charge is 0.237 e. The van der Waals surface area contributed by atoms with Crippen molar-refractivity contribution in [2.45, 2.75) is 19.4 Å². The Morgan fingerprint density at radius 1 is 1.30 bits per heavy atom. The molecule has 0 spiro atoms. The van der Waals surface area contributed by atoms with Crippen LogP contribution in [0.4, 0.5) is 0 Å². The van der Waals surface area contributed by atoms with Gasteiger partial charge in [-0.1, -0.05) is 30.3 Å². The molecule has 0 aliphatic heterocycles. The maximum absolute atomic E-state index is 11.8. The number of carbonyl (C=O) groups excluding carboxylic acids is 1. The van der Waals surface area contributed by atoms with E-state index < -0.39 is 16.1 Å². The normalized spacial score (nSPS) is 12.8. The fourth-order valence-electron chi connectivity index (χ4n) is 1.99. The van der Waals surface area contributed by atoms with Crippen LogP contribution in [0.25, 0.3) is 11.3 Å². The summed E-state index contributed by atoms with van der Waals surface area (Å²) in [6.07, 6.45) is 1.63. The summed E-state index contributed by atoms with van der Waals surface area (Å²) in [4.78, 5) is 16.3. The van der Waals surface area contributed by atoms with Gasteiger partial charge in [-0.3, -0.25) is 4.79 Å². The number of rotatable bonds is 7. The van der Waals surface area contributed by atoms with Gasteiger partial charge in [-0.15, -0.1) is 11.3 Å². The summed E-state index contributed by atoms with van der Waals surface area (Å²) >= 11 is 1.54. The second kappa shape index (κ2) is 7.67. The van der Waals surface area contributed by atoms with Crippen LogP contribution in [0.3, 0.4) is 0 Å². The molecule has 1 aromatic carbocycles. The van der Waals surface area contributed by atoms with Crippen molar-refractivity contribution in [1.82, 2.24) is 15.0 Å². The maximum Gasteiger partial charge on any atom is 0.237 e. The molecule has 1 aromatic heterocycles. The van der Waals surface area contributed by atoms with E-state index in [0.29, 0.717) is 13.0 Å². The number of carbonyl (C=O) groups is 1. The van der Waals surface area contributed by atoms with Crippen molar-refractivity contribution >= 4 is 27.3 Å². The van der Waals surface area contributed by atoms with Crippen molar-refractivity contribution in [1.29, 1.82) is 0 Å². The first-order valence-electron chi connectivity index (χ1n) is 7.10. The molecule has 23 heavy (non-hydrogen) atoms. The molecule has 0 aliphatic carbocycles. The number of benzene rings is 1. The van der Waals surface area contributed by atoms with E-state index in [1.807, 2.05) is 35.7 Å². The Morgan fingerprint density at radius 2 is 2.00 bits per heavy atom. The van der Waals surface area contributed by atoms with Crippen molar-refractivity contribution in [2.24, 2.45) is 0 Å². The van der Waals surface area contributed by atoms with E-state index in [2.05, 4.69) is 15.0 Å². The minimum atomic E-state index is -3.39. The standard InChI is InChI=1S/C15H19N3O3S2/c1-11(18-23(2,20)21)15(19)16-9-8-14-17-13(10-22-14)12-6-4-3-5-7-12/h3-7,10-11,18H,8-9H2,1-2H3,(H,16,19)/t11-/m0/s1. The first-order valence-corrected chi connectivity index (χ1v) is 9.87. The zero-order valence-corrected chi connectivity index (χ0v) is 14.6. The van der Waals surface area contributed by atoms with Crippen LogP contribution in [-0.2, 0) is 21.2 Å². The Hall–Kier alpha value is -1.77. The first kappa shape index (κ1) is 17.6. The molecule has 8 heteroatoms. The molecule has 2 aromatic rings. The number of nitrogens with zero attached hydrogens (tertiary/aromatic N) is 1. The van der Waals surface area contributed by atoms with E-state index in [1.54, 1.807) is 11.3 Å². The zero-order valence-electron chi connectivity index (χ0n) is 12.9. The Kier molecular flexibility index (Phi) is 5.86. The minimum Gasteiger partial charge on any atom is -0.354 e. The Bertz CT molecular complexity index is 757. The summed E-state index contributed by atoms with van der Waals surface area (Å²) in [6.45, 7) is 1.92. The molecule has 1 heterocycles. The van der Waals surface area contributed by atoms with Gasteiger partial charge in [0.25, 0.3) is 0 Å². The van der Waals surface area contributed by atoms with Crippen LogP contribution in [0.5, 0.6) is 0 Å². The number of nitrogens with one attached hydrogen (secondary N) is 2. The highest BCUT2D eigenvalue weighted by Gasteiger charge is 2.16. The molecule has 1 atom stereocenters. The van der Waals surface area contributed by atoms with Crippen LogP contribution >= 0.6 is 11.3 Å². The lowest BCUT2D eigenvalue weighted by Gasteiger charge is -2.12. The van der Waals surface area contributed by atoms with Crippen molar-refractivity contribution in [3.63, 3.8) is 0 Å². The van der Waals surface area contributed by atoms with Gasteiger partial charge in [0.15, 0.2) is 0 Å². The maximum atomic E-state index is 11.8. The van der Waals surface area contributed by atoms with Gasteiger partial charge in [-0.25, -0.2) is 18.1 Å². The highest BCUT2D eigenvalue weighted by Crippen LogP contribution is 2.21. The first-order chi connectivity index (χ1) is 10.8. The van der Waals surface area contributed by atoms with E-state index in [1.165, 1.54) is 6.92 Å². The van der Waals surface area contributed by atoms with E-state index in [-0.39, 0.29) is 5.91 Å². The molecule has 0 saturated carbocycles. The number of sulfonamides is 1. The monoisotopic (exact) mass is 353 g/mol. The van der Waals surface area contributed by atoms with Gasteiger partial charge in [-0.05, 0) is 6.92 Å². The van der Waals surface area contributed by atoms with Crippen LogP contribution in [0.15, 0.2) is 35.7 Å². The van der Waals surface area contributed by atoms with Crippen LogP contribution in [-0.4, -0.2) is 38.2 Å². The third kappa shape index (κ3) is 5.74. The highest BCUT2D eigenvalue weighted by atomic mass is 32.2. The van der Waals surface area contributed by atoms with Gasteiger partial charge < -0.3 is 5.32 Å². The molecular formula is C15H19N3O3S2. The number of thiazole rings is 1. The summed E-state index contributed by atoms with van der Waals surface area (Å²) in [6, 6.07) is 9.09. The van der Waals surface area contributed by atoms with Gasteiger partial charge in [0.1, 0.15) is 0 Å². The van der Waals surface area contributed by atoms with E-state index in [4.69, 9.17) is 0 Å². The lowest BCUT2D eigenvalue weighted by atomic mass is 10.2. The van der Waals surface area contributed by atoms with Crippen LogP contribution in [0.1, 0.15) is 11.9 Å². The van der Waals surface area contributed by atoms with E-state index in [9.17, 15) is 13.2 Å².